The number of piperidine rings is 1. The van der Waals surface area contributed by atoms with Gasteiger partial charge in [-0.25, -0.2) is 0 Å². The summed E-state index contributed by atoms with van der Waals surface area (Å²) in [4.78, 5) is 14.4. The Morgan fingerprint density at radius 3 is 2.52 bits per heavy atom. The Hall–Kier alpha value is -1.60. The van der Waals surface area contributed by atoms with E-state index in [9.17, 15) is 18.0 Å². The summed E-state index contributed by atoms with van der Waals surface area (Å²) in [6.07, 6.45) is -0.210. The maximum atomic E-state index is 12.8. The quantitative estimate of drug-likeness (QED) is 0.843. The number of halogens is 3. The average Bonchev–Trinajstić information content (AvgIpc) is 2.64. The fraction of sp³-hybridized carbons (Fsp3) is 0.650. The standard InChI is InChI=1S/C20H27F3N2O2/c21-20(22,23)17-3-1-2-16(12-17)14-25-8-4-15(5-9-25)13-19(26)24-18-6-10-27-11-7-18/h1-3,12,15,18H,4-11,13-14H2,(H,24,26). The molecule has 3 rings (SSSR count). The minimum atomic E-state index is -4.30. The highest BCUT2D eigenvalue weighted by molar-refractivity contribution is 5.76. The Labute approximate surface area is 158 Å². The summed E-state index contributed by atoms with van der Waals surface area (Å²) >= 11 is 0. The predicted octanol–water partition coefficient (Wildman–Crippen LogP) is 3.60. The van der Waals surface area contributed by atoms with Crippen molar-refractivity contribution in [1.82, 2.24) is 10.2 Å². The van der Waals surface area contributed by atoms with Crippen molar-refractivity contribution in [3.05, 3.63) is 35.4 Å². The molecule has 2 aliphatic rings. The molecule has 0 saturated carbocycles. The van der Waals surface area contributed by atoms with Gasteiger partial charge < -0.3 is 10.1 Å². The van der Waals surface area contributed by atoms with Gasteiger partial charge in [0.1, 0.15) is 0 Å². The zero-order valence-corrected chi connectivity index (χ0v) is 15.4. The van der Waals surface area contributed by atoms with E-state index in [1.807, 2.05) is 0 Å². The van der Waals surface area contributed by atoms with E-state index in [4.69, 9.17) is 4.74 Å². The lowest BCUT2D eigenvalue weighted by Gasteiger charge is -2.32. The molecule has 0 unspecified atom stereocenters. The molecule has 0 aliphatic carbocycles. The molecule has 1 aromatic rings. The molecule has 0 spiro atoms. The third-order valence-electron chi connectivity index (χ3n) is 5.43. The summed E-state index contributed by atoms with van der Waals surface area (Å²) in [6.45, 7) is 3.56. The zero-order chi connectivity index (χ0) is 19.3. The number of carbonyl (C=O) groups is 1. The van der Waals surface area contributed by atoms with Crippen molar-refractivity contribution in [3.8, 4) is 0 Å². The van der Waals surface area contributed by atoms with Crippen LogP contribution in [-0.4, -0.2) is 43.2 Å². The molecule has 0 bridgehead atoms. The van der Waals surface area contributed by atoms with Crippen LogP contribution in [0.15, 0.2) is 24.3 Å². The molecule has 1 amide bonds. The van der Waals surface area contributed by atoms with Crippen molar-refractivity contribution in [2.45, 2.75) is 50.9 Å². The number of alkyl halides is 3. The molecule has 150 valence electrons. The van der Waals surface area contributed by atoms with Crippen molar-refractivity contribution in [2.24, 2.45) is 5.92 Å². The van der Waals surface area contributed by atoms with Gasteiger partial charge in [0.05, 0.1) is 5.56 Å². The van der Waals surface area contributed by atoms with Crippen molar-refractivity contribution in [3.63, 3.8) is 0 Å². The van der Waals surface area contributed by atoms with Crippen LogP contribution in [0.2, 0.25) is 0 Å². The number of hydrogen-bond donors (Lipinski definition) is 1. The predicted molar refractivity (Wildman–Crippen MR) is 96.0 cm³/mol. The Bertz CT molecular complexity index is 622. The molecular formula is C20H27F3N2O2. The lowest BCUT2D eigenvalue weighted by atomic mass is 9.92. The normalized spacial score (nSPS) is 20.6. The number of hydrogen-bond acceptors (Lipinski definition) is 3. The van der Waals surface area contributed by atoms with Crippen LogP contribution in [0.4, 0.5) is 13.2 Å². The van der Waals surface area contributed by atoms with Crippen LogP contribution in [0, 0.1) is 5.92 Å². The number of nitrogens with zero attached hydrogens (tertiary/aromatic N) is 1. The van der Waals surface area contributed by atoms with E-state index in [-0.39, 0.29) is 11.9 Å². The van der Waals surface area contributed by atoms with Crippen molar-refractivity contribution in [1.29, 1.82) is 0 Å². The summed E-state index contributed by atoms with van der Waals surface area (Å²) in [5.41, 5.74) is 0.0835. The van der Waals surface area contributed by atoms with Crippen LogP contribution in [0.1, 0.15) is 43.2 Å². The number of carbonyl (C=O) groups excluding carboxylic acids is 1. The van der Waals surface area contributed by atoms with E-state index in [1.54, 1.807) is 6.07 Å². The van der Waals surface area contributed by atoms with Gasteiger partial charge in [0.15, 0.2) is 0 Å². The molecule has 0 radical (unpaired) electrons. The average molecular weight is 384 g/mol. The van der Waals surface area contributed by atoms with Crippen molar-refractivity contribution in [2.75, 3.05) is 26.3 Å². The SMILES string of the molecule is O=C(CC1CCN(Cc2cccc(C(F)(F)F)c2)CC1)NC1CCOCC1. The molecule has 7 heteroatoms. The van der Waals surface area contributed by atoms with Crippen LogP contribution in [-0.2, 0) is 22.3 Å². The maximum absolute atomic E-state index is 12.8. The molecule has 2 aliphatic heterocycles. The molecular weight excluding hydrogens is 357 g/mol. The van der Waals surface area contributed by atoms with Crippen LogP contribution in [0.25, 0.3) is 0 Å². The van der Waals surface area contributed by atoms with E-state index in [0.29, 0.717) is 37.7 Å². The molecule has 1 N–H and O–H groups in total. The lowest BCUT2D eigenvalue weighted by molar-refractivity contribution is -0.137. The molecule has 0 atom stereocenters. The Morgan fingerprint density at radius 1 is 1.15 bits per heavy atom. The number of nitrogens with one attached hydrogen (secondary N) is 1. The van der Waals surface area contributed by atoms with Crippen molar-refractivity contribution < 1.29 is 22.7 Å². The molecule has 4 nitrogen and oxygen atoms in total. The summed E-state index contributed by atoms with van der Waals surface area (Å²) in [6, 6.07) is 5.77. The van der Waals surface area contributed by atoms with Crippen LogP contribution in [0.5, 0.6) is 0 Å². The smallest absolute Gasteiger partial charge is 0.381 e. The van der Waals surface area contributed by atoms with Gasteiger partial charge >= 0.3 is 6.18 Å². The first-order chi connectivity index (χ1) is 12.9. The first-order valence-electron chi connectivity index (χ1n) is 9.66. The summed E-state index contributed by atoms with van der Waals surface area (Å²) < 4.78 is 43.8. The van der Waals surface area contributed by atoms with Gasteiger partial charge in [-0.3, -0.25) is 9.69 Å². The van der Waals surface area contributed by atoms with Crippen LogP contribution >= 0.6 is 0 Å². The largest absolute Gasteiger partial charge is 0.416 e. The van der Waals surface area contributed by atoms with Gasteiger partial charge in [0.25, 0.3) is 0 Å². The highest BCUT2D eigenvalue weighted by Crippen LogP contribution is 2.30. The van der Waals surface area contributed by atoms with E-state index >= 15 is 0 Å². The van der Waals surface area contributed by atoms with Crippen LogP contribution in [0.3, 0.4) is 0 Å². The van der Waals surface area contributed by atoms with E-state index in [1.165, 1.54) is 12.1 Å². The number of amides is 1. The van der Waals surface area contributed by atoms with Gasteiger partial charge in [-0.15, -0.1) is 0 Å². The van der Waals surface area contributed by atoms with E-state index in [2.05, 4.69) is 10.2 Å². The molecule has 2 heterocycles. The highest BCUT2D eigenvalue weighted by atomic mass is 19.4. The van der Waals surface area contributed by atoms with E-state index in [0.717, 1.165) is 44.8 Å². The van der Waals surface area contributed by atoms with Gasteiger partial charge in [0.2, 0.25) is 5.91 Å². The minimum Gasteiger partial charge on any atom is -0.381 e. The Kier molecular flexibility index (Phi) is 6.76. The molecule has 2 fully saturated rings. The van der Waals surface area contributed by atoms with Crippen LogP contribution < -0.4 is 5.32 Å². The first kappa shape index (κ1) is 20.1. The van der Waals surface area contributed by atoms with Gasteiger partial charge in [-0.2, -0.15) is 13.2 Å². The number of likely N-dealkylation sites (tertiary alicyclic amines) is 1. The Balaban J connectivity index is 1.42. The van der Waals surface area contributed by atoms with E-state index < -0.39 is 11.7 Å². The topological polar surface area (TPSA) is 41.6 Å². The molecule has 1 aromatic carbocycles. The fourth-order valence-corrected chi connectivity index (χ4v) is 3.84. The molecule has 0 aromatic heterocycles. The lowest BCUT2D eigenvalue weighted by Crippen LogP contribution is -2.41. The molecule has 27 heavy (non-hydrogen) atoms. The summed E-state index contributed by atoms with van der Waals surface area (Å²) in [5.74, 6) is 0.459. The fourth-order valence-electron chi connectivity index (χ4n) is 3.84. The maximum Gasteiger partial charge on any atom is 0.416 e. The third kappa shape index (κ3) is 6.21. The zero-order valence-electron chi connectivity index (χ0n) is 15.4. The second-order valence-corrected chi connectivity index (χ2v) is 7.58. The second-order valence-electron chi connectivity index (χ2n) is 7.58. The summed E-state index contributed by atoms with van der Waals surface area (Å²) in [7, 11) is 0. The monoisotopic (exact) mass is 384 g/mol. The minimum absolute atomic E-state index is 0.109. The number of rotatable bonds is 5. The van der Waals surface area contributed by atoms with Gasteiger partial charge in [-0.05, 0) is 56.3 Å². The first-order valence-corrected chi connectivity index (χ1v) is 9.66. The van der Waals surface area contributed by atoms with Crippen molar-refractivity contribution >= 4 is 5.91 Å². The second kappa shape index (κ2) is 9.06. The summed E-state index contributed by atoms with van der Waals surface area (Å²) in [5, 5.41) is 3.10. The van der Waals surface area contributed by atoms with Gasteiger partial charge in [0, 0.05) is 32.2 Å². The molecule has 2 saturated heterocycles. The Morgan fingerprint density at radius 2 is 1.85 bits per heavy atom. The highest BCUT2D eigenvalue weighted by Gasteiger charge is 2.30. The van der Waals surface area contributed by atoms with Gasteiger partial charge in [-0.1, -0.05) is 18.2 Å². The number of ether oxygens (including phenoxy) is 1. The third-order valence-corrected chi connectivity index (χ3v) is 5.43. The number of benzene rings is 1.